The standard InChI is InChI=1S/C13H15FN2O4/c1-13(2,12(19)20)6-10(17)16-7-3-4-8(11(15)18)9(14)5-7/h3-5H,6H2,1-2H3,(H2,15,18)(H,16,17)(H,19,20). The van der Waals surface area contributed by atoms with Crippen molar-refractivity contribution in [2.45, 2.75) is 20.3 Å². The van der Waals surface area contributed by atoms with Gasteiger partial charge >= 0.3 is 5.97 Å². The lowest BCUT2D eigenvalue weighted by Crippen LogP contribution is -2.29. The maximum atomic E-state index is 13.5. The largest absolute Gasteiger partial charge is 0.481 e. The minimum atomic E-state index is -1.23. The highest BCUT2D eigenvalue weighted by Gasteiger charge is 2.30. The molecule has 0 fully saturated rings. The molecule has 0 saturated heterocycles. The Morgan fingerprint density at radius 1 is 1.35 bits per heavy atom. The lowest BCUT2D eigenvalue weighted by Gasteiger charge is -2.18. The molecule has 4 N–H and O–H groups in total. The molecule has 1 rings (SSSR count). The number of hydrogen-bond acceptors (Lipinski definition) is 3. The molecular formula is C13H15FN2O4. The lowest BCUT2D eigenvalue weighted by atomic mass is 9.89. The van der Waals surface area contributed by atoms with E-state index in [1.165, 1.54) is 19.9 Å². The van der Waals surface area contributed by atoms with Gasteiger partial charge in [0.15, 0.2) is 0 Å². The van der Waals surface area contributed by atoms with Crippen LogP contribution in [0.4, 0.5) is 10.1 Å². The fourth-order valence-corrected chi connectivity index (χ4v) is 1.47. The molecular weight excluding hydrogens is 267 g/mol. The van der Waals surface area contributed by atoms with Gasteiger partial charge in [-0.25, -0.2) is 4.39 Å². The summed E-state index contributed by atoms with van der Waals surface area (Å²) in [5, 5.41) is 11.3. The summed E-state index contributed by atoms with van der Waals surface area (Å²) in [6.07, 6.45) is -0.262. The first-order chi connectivity index (χ1) is 9.13. The Balaban J connectivity index is 2.80. The lowest BCUT2D eigenvalue weighted by molar-refractivity contribution is -0.148. The van der Waals surface area contributed by atoms with Crippen LogP contribution in [0.3, 0.4) is 0 Å². The molecule has 0 saturated carbocycles. The molecule has 6 nitrogen and oxygen atoms in total. The number of carboxylic acid groups (broad SMARTS) is 1. The van der Waals surface area contributed by atoms with Crippen LogP contribution in [-0.2, 0) is 9.59 Å². The van der Waals surface area contributed by atoms with E-state index in [9.17, 15) is 18.8 Å². The van der Waals surface area contributed by atoms with Crippen LogP contribution >= 0.6 is 0 Å². The van der Waals surface area contributed by atoms with Crippen LogP contribution in [0.1, 0.15) is 30.6 Å². The van der Waals surface area contributed by atoms with Gasteiger partial charge in [0.1, 0.15) is 5.82 Å². The normalized spacial score (nSPS) is 10.9. The summed E-state index contributed by atoms with van der Waals surface area (Å²) >= 11 is 0. The van der Waals surface area contributed by atoms with E-state index in [0.29, 0.717) is 0 Å². The number of benzene rings is 1. The molecule has 0 heterocycles. The van der Waals surface area contributed by atoms with Crippen LogP contribution in [0.2, 0.25) is 0 Å². The van der Waals surface area contributed by atoms with Crippen molar-refractivity contribution in [3.8, 4) is 0 Å². The predicted octanol–water partition coefficient (Wildman–Crippen LogP) is 1.36. The summed E-state index contributed by atoms with van der Waals surface area (Å²) in [7, 11) is 0. The summed E-state index contributed by atoms with van der Waals surface area (Å²) in [5.74, 6) is -3.44. The van der Waals surface area contributed by atoms with Gasteiger partial charge in [-0.1, -0.05) is 0 Å². The van der Waals surface area contributed by atoms with Gasteiger partial charge in [0, 0.05) is 12.1 Å². The molecule has 108 valence electrons. The number of aliphatic carboxylic acids is 1. The second-order valence-corrected chi connectivity index (χ2v) is 4.97. The highest BCUT2D eigenvalue weighted by molar-refractivity contribution is 5.96. The first kappa shape index (κ1) is 15.6. The molecule has 1 aromatic rings. The van der Waals surface area contributed by atoms with Crippen molar-refractivity contribution in [3.63, 3.8) is 0 Å². The van der Waals surface area contributed by atoms with Crippen LogP contribution in [-0.4, -0.2) is 22.9 Å². The summed E-state index contributed by atoms with van der Waals surface area (Å²) in [6, 6.07) is 3.41. The quantitative estimate of drug-likeness (QED) is 0.757. The van der Waals surface area contributed by atoms with Gasteiger partial charge in [-0.05, 0) is 32.0 Å². The topological polar surface area (TPSA) is 109 Å². The van der Waals surface area contributed by atoms with Crippen molar-refractivity contribution in [1.82, 2.24) is 0 Å². The Morgan fingerprint density at radius 3 is 2.40 bits per heavy atom. The van der Waals surface area contributed by atoms with Crippen LogP contribution < -0.4 is 11.1 Å². The van der Waals surface area contributed by atoms with E-state index < -0.39 is 29.0 Å². The van der Waals surface area contributed by atoms with Crippen LogP contribution in [0.15, 0.2) is 18.2 Å². The molecule has 2 amide bonds. The second kappa shape index (κ2) is 5.68. The molecule has 0 aliphatic heterocycles. The zero-order valence-corrected chi connectivity index (χ0v) is 11.1. The van der Waals surface area contributed by atoms with Crippen molar-refractivity contribution >= 4 is 23.5 Å². The molecule has 0 radical (unpaired) electrons. The Hall–Kier alpha value is -2.44. The van der Waals surface area contributed by atoms with Gasteiger partial charge < -0.3 is 16.2 Å². The van der Waals surface area contributed by atoms with E-state index in [1.807, 2.05) is 0 Å². The maximum Gasteiger partial charge on any atom is 0.309 e. The van der Waals surface area contributed by atoms with Gasteiger partial charge in [-0.15, -0.1) is 0 Å². The SMILES string of the molecule is CC(C)(CC(=O)Nc1ccc(C(N)=O)c(F)c1)C(=O)O. The van der Waals surface area contributed by atoms with Crippen LogP contribution in [0.25, 0.3) is 0 Å². The monoisotopic (exact) mass is 282 g/mol. The number of carboxylic acids is 1. The van der Waals surface area contributed by atoms with E-state index in [0.717, 1.165) is 12.1 Å². The van der Waals surface area contributed by atoms with Crippen molar-refractivity contribution < 1.29 is 23.9 Å². The minimum Gasteiger partial charge on any atom is -0.481 e. The van der Waals surface area contributed by atoms with Gasteiger partial charge in [-0.2, -0.15) is 0 Å². The fraction of sp³-hybridized carbons (Fsp3) is 0.308. The number of anilines is 1. The summed E-state index contributed by atoms with van der Waals surface area (Å²) in [5.41, 5.74) is 3.56. The highest BCUT2D eigenvalue weighted by atomic mass is 19.1. The zero-order valence-electron chi connectivity index (χ0n) is 11.1. The number of rotatable bonds is 5. The predicted molar refractivity (Wildman–Crippen MR) is 69.6 cm³/mol. The smallest absolute Gasteiger partial charge is 0.309 e. The van der Waals surface area contributed by atoms with Gasteiger partial charge in [0.05, 0.1) is 11.0 Å². The number of carbonyl (C=O) groups excluding carboxylic acids is 2. The Labute approximate surface area is 114 Å². The van der Waals surface area contributed by atoms with Gasteiger partial charge in [0.2, 0.25) is 5.91 Å². The molecule has 0 aliphatic rings. The highest BCUT2D eigenvalue weighted by Crippen LogP contribution is 2.22. The number of nitrogens with one attached hydrogen (secondary N) is 1. The van der Waals surface area contributed by atoms with Crippen LogP contribution in [0, 0.1) is 11.2 Å². The number of carbonyl (C=O) groups is 3. The molecule has 0 aromatic heterocycles. The number of primary amides is 1. The molecule has 20 heavy (non-hydrogen) atoms. The van der Waals surface area contributed by atoms with E-state index in [2.05, 4.69) is 5.32 Å². The molecule has 0 bridgehead atoms. The van der Waals surface area contributed by atoms with E-state index in [1.54, 1.807) is 0 Å². The molecule has 0 spiro atoms. The Bertz CT molecular complexity index is 569. The average molecular weight is 282 g/mol. The molecule has 0 unspecified atom stereocenters. The number of halogens is 1. The second-order valence-electron chi connectivity index (χ2n) is 4.97. The first-order valence-electron chi connectivity index (χ1n) is 5.76. The van der Waals surface area contributed by atoms with Crippen molar-refractivity contribution in [2.24, 2.45) is 11.1 Å². The van der Waals surface area contributed by atoms with Crippen molar-refractivity contribution in [3.05, 3.63) is 29.6 Å². The van der Waals surface area contributed by atoms with Crippen molar-refractivity contribution in [2.75, 3.05) is 5.32 Å². The van der Waals surface area contributed by atoms with Gasteiger partial charge in [0.25, 0.3) is 5.91 Å². The van der Waals surface area contributed by atoms with E-state index in [4.69, 9.17) is 10.8 Å². The third kappa shape index (κ3) is 3.78. The average Bonchev–Trinajstić information content (AvgIpc) is 2.26. The van der Waals surface area contributed by atoms with Crippen molar-refractivity contribution in [1.29, 1.82) is 0 Å². The molecule has 0 atom stereocenters. The Morgan fingerprint density at radius 2 is 1.95 bits per heavy atom. The minimum absolute atomic E-state index is 0.124. The number of nitrogens with two attached hydrogens (primary N) is 1. The third-order valence-corrected chi connectivity index (χ3v) is 2.70. The summed E-state index contributed by atoms with van der Waals surface area (Å²) in [4.78, 5) is 33.4. The fourth-order valence-electron chi connectivity index (χ4n) is 1.47. The number of amides is 2. The first-order valence-corrected chi connectivity index (χ1v) is 5.76. The third-order valence-electron chi connectivity index (χ3n) is 2.70. The van der Waals surface area contributed by atoms with E-state index >= 15 is 0 Å². The molecule has 7 heteroatoms. The molecule has 0 aliphatic carbocycles. The number of hydrogen-bond donors (Lipinski definition) is 3. The zero-order chi connectivity index (χ0) is 15.5. The Kier molecular flexibility index (Phi) is 4.44. The molecule has 1 aromatic carbocycles. The van der Waals surface area contributed by atoms with Gasteiger partial charge in [-0.3, -0.25) is 14.4 Å². The van der Waals surface area contributed by atoms with Crippen LogP contribution in [0.5, 0.6) is 0 Å². The maximum absolute atomic E-state index is 13.5. The summed E-state index contributed by atoms with van der Waals surface area (Å²) in [6.45, 7) is 2.82. The van der Waals surface area contributed by atoms with E-state index in [-0.39, 0.29) is 17.7 Å². The summed E-state index contributed by atoms with van der Waals surface area (Å²) < 4.78 is 13.5.